The normalized spacial score (nSPS) is 14.7. The maximum Gasteiger partial charge on any atom is 0.402 e. The van der Waals surface area contributed by atoms with E-state index in [0.29, 0.717) is 5.56 Å². The number of halogens is 2. The van der Waals surface area contributed by atoms with Crippen molar-refractivity contribution in [3.8, 4) is 0 Å². The number of esters is 1. The van der Waals surface area contributed by atoms with Crippen LogP contribution in [0.3, 0.4) is 0 Å². The van der Waals surface area contributed by atoms with Gasteiger partial charge in [-0.2, -0.15) is 8.78 Å². The number of hydrogen-bond donors (Lipinski definition) is 2. The molecule has 0 amide bonds. The Morgan fingerprint density at radius 1 is 1.23 bits per heavy atom. The van der Waals surface area contributed by atoms with E-state index in [9.17, 15) is 23.2 Å². The molecule has 2 unspecified atom stereocenters. The Morgan fingerprint density at radius 3 is 2.15 bits per heavy atom. The smallest absolute Gasteiger partial charge is 0.402 e. The summed E-state index contributed by atoms with van der Waals surface area (Å²) >= 11 is 0. The first-order valence-electron chi connectivity index (χ1n) is 8.00. The number of carbonyl (C=O) groups is 1. The summed E-state index contributed by atoms with van der Waals surface area (Å²) in [5, 5.41) is 10.1. The minimum Gasteiger partial charge on any atom is -0.468 e. The topological polar surface area (TPSA) is 108 Å². The summed E-state index contributed by atoms with van der Waals surface area (Å²) in [7, 11) is -3.65. The Hall–Kier alpha value is -1.38. The molecule has 1 rings (SSSR count). The monoisotopic (exact) mass is 395 g/mol. The molecule has 0 radical (unpaired) electrons. The first-order valence-corrected chi connectivity index (χ1v) is 9.54. The maximum absolute atomic E-state index is 14.5. The number of carbonyl (C=O) groups excluding carboxylic acids is 1. The molecule has 0 saturated carbocycles. The van der Waals surface area contributed by atoms with Gasteiger partial charge in [0.1, 0.15) is 6.04 Å². The van der Waals surface area contributed by atoms with Crippen LogP contribution in [-0.4, -0.2) is 43.1 Å². The van der Waals surface area contributed by atoms with Gasteiger partial charge in [-0.05, 0) is 31.4 Å². The van der Waals surface area contributed by atoms with Gasteiger partial charge in [-0.3, -0.25) is 9.36 Å². The average molecular weight is 395 g/mol. The van der Waals surface area contributed by atoms with Crippen LogP contribution in [0, 0.1) is 0 Å². The third-order valence-electron chi connectivity index (χ3n) is 3.55. The molecule has 2 atom stereocenters. The van der Waals surface area contributed by atoms with Gasteiger partial charge in [0.05, 0.1) is 20.3 Å². The number of nitrogens with two attached hydrogens (primary N) is 1. The second kappa shape index (κ2) is 9.53. The zero-order valence-corrected chi connectivity index (χ0v) is 15.7. The van der Waals surface area contributed by atoms with E-state index in [-0.39, 0.29) is 25.2 Å². The second-order valence-electron chi connectivity index (χ2n) is 5.40. The standard InChI is InChI=1S/C16H24F2NO6P/c1-4-24-26(22,25-5-2)16(17,18)14(20)12-8-6-11(7-9-12)10-13(19)15(21)23-3/h6-9,13-14,20H,4-5,10,19H2,1-3H3. The van der Waals surface area contributed by atoms with Crippen LogP contribution in [0.4, 0.5) is 8.78 Å². The van der Waals surface area contributed by atoms with E-state index in [2.05, 4.69) is 13.8 Å². The summed E-state index contributed by atoms with van der Waals surface area (Å²) in [4.78, 5) is 11.3. The molecule has 26 heavy (non-hydrogen) atoms. The quantitative estimate of drug-likeness (QED) is 0.463. The van der Waals surface area contributed by atoms with Crippen molar-refractivity contribution in [1.29, 1.82) is 0 Å². The predicted octanol–water partition coefficient (Wildman–Crippen LogP) is 2.62. The number of methoxy groups -OCH3 is 1. The molecule has 0 bridgehead atoms. The van der Waals surface area contributed by atoms with Crippen LogP contribution in [0.15, 0.2) is 24.3 Å². The molecule has 1 aromatic carbocycles. The fourth-order valence-corrected chi connectivity index (χ4v) is 3.77. The summed E-state index contributed by atoms with van der Waals surface area (Å²) in [6, 6.07) is 4.45. The predicted molar refractivity (Wildman–Crippen MR) is 90.9 cm³/mol. The summed E-state index contributed by atoms with van der Waals surface area (Å²) in [5.74, 6) is -0.602. The lowest BCUT2D eigenvalue weighted by Gasteiger charge is -2.29. The zero-order valence-electron chi connectivity index (χ0n) is 14.9. The lowest BCUT2D eigenvalue weighted by Crippen LogP contribution is -2.33. The minimum atomic E-state index is -4.86. The number of aliphatic hydroxyl groups is 1. The van der Waals surface area contributed by atoms with Gasteiger partial charge in [-0.1, -0.05) is 24.3 Å². The number of benzene rings is 1. The van der Waals surface area contributed by atoms with E-state index < -0.39 is 31.4 Å². The number of rotatable bonds is 10. The van der Waals surface area contributed by atoms with Gasteiger partial charge >= 0.3 is 19.2 Å². The zero-order chi connectivity index (χ0) is 20.0. The lowest BCUT2D eigenvalue weighted by molar-refractivity contribution is -0.142. The van der Waals surface area contributed by atoms with Crippen molar-refractivity contribution >= 4 is 13.6 Å². The molecule has 0 aliphatic carbocycles. The summed E-state index contributed by atoms with van der Waals surface area (Å²) in [5.41, 5.74) is 1.91. The molecule has 3 N–H and O–H groups in total. The Kier molecular flexibility index (Phi) is 8.30. The van der Waals surface area contributed by atoms with Crippen LogP contribution in [0.25, 0.3) is 0 Å². The van der Waals surface area contributed by atoms with Crippen molar-refractivity contribution in [3.05, 3.63) is 35.4 Å². The molecule has 7 nitrogen and oxygen atoms in total. The second-order valence-corrected chi connectivity index (χ2v) is 7.51. The third kappa shape index (κ3) is 5.08. The largest absolute Gasteiger partial charge is 0.468 e. The van der Waals surface area contributed by atoms with Crippen molar-refractivity contribution in [2.24, 2.45) is 5.73 Å². The molecule has 0 aliphatic rings. The van der Waals surface area contributed by atoms with E-state index in [0.717, 1.165) is 0 Å². The molecule has 0 spiro atoms. The minimum absolute atomic E-state index is 0.135. The van der Waals surface area contributed by atoms with Crippen LogP contribution in [0.5, 0.6) is 0 Å². The van der Waals surface area contributed by atoms with Crippen LogP contribution >= 0.6 is 7.60 Å². The first-order chi connectivity index (χ1) is 12.1. The van der Waals surface area contributed by atoms with Crippen LogP contribution in [-0.2, 0) is 29.6 Å². The molecule has 1 aromatic rings. The summed E-state index contributed by atoms with van der Waals surface area (Å²) < 4.78 is 55.2. The van der Waals surface area contributed by atoms with Crippen LogP contribution in [0.1, 0.15) is 31.1 Å². The highest BCUT2D eigenvalue weighted by Crippen LogP contribution is 2.66. The Bertz CT molecular complexity index is 630. The first kappa shape index (κ1) is 22.7. The van der Waals surface area contributed by atoms with Crippen LogP contribution in [0.2, 0.25) is 0 Å². The van der Waals surface area contributed by atoms with Crippen LogP contribution < -0.4 is 5.73 Å². The third-order valence-corrected chi connectivity index (χ3v) is 5.72. The van der Waals surface area contributed by atoms with Crippen molar-refractivity contribution in [2.45, 2.75) is 38.1 Å². The highest BCUT2D eigenvalue weighted by Gasteiger charge is 2.59. The molecular formula is C16H24F2NO6P. The van der Waals surface area contributed by atoms with Gasteiger partial charge in [0.25, 0.3) is 0 Å². The fourth-order valence-electron chi connectivity index (χ4n) is 2.22. The van der Waals surface area contributed by atoms with Gasteiger partial charge < -0.3 is 24.6 Å². The van der Waals surface area contributed by atoms with E-state index in [1.54, 1.807) is 0 Å². The lowest BCUT2D eigenvalue weighted by atomic mass is 10.0. The highest BCUT2D eigenvalue weighted by atomic mass is 31.2. The molecule has 148 valence electrons. The molecule has 0 aromatic heterocycles. The molecular weight excluding hydrogens is 371 g/mol. The SMILES string of the molecule is CCOP(=O)(OCC)C(F)(F)C(O)c1ccc(CC(N)C(=O)OC)cc1. The number of hydrogen-bond acceptors (Lipinski definition) is 7. The van der Waals surface area contributed by atoms with Crippen molar-refractivity contribution < 1.29 is 37.0 Å². The highest BCUT2D eigenvalue weighted by molar-refractivity contribution is 7.55. The number of ether oxygens (including phenoxy) is 1. The molecule has 10 heteroatoms. The Balaban J connectivity index is 3.00. The molecule has 0 heterocycles. The van der Waals surface area contributed by atoms with E-state index in [1.165, 1.54) is 45.2 Å². The van der Waals surface area contributed by atoms with E-state index in [4.69, 9.17) is 5.73 Å². The van der Waals surface area contributed by atoms with Gasteiger partial charge in [0.2, 0.25) is 0 Å². The maximum atomic E-state index is 14.5. The van der Waals surface area contributed by atoms with Crippen molar-refractivity contribution in [1.82, 2.24) is 0 Å². The van der Waals surface area contributed by atoms with Crippen molar-refractivity contribution in [3.63, 3.8) is 0 Å². The average Bonchev–Trinajstić information content (AvgIpc) is 2.61. The van der Waals surface area contributed by atoms with Gasteiger partial charge in [0, 0.05) is 0 Å². The van der Waals surface area contributed by atoms with E-state index >= 15 is 0 Å². The Morgan fingerprint density at radius 2 is 1.73 bits per heavy atom. The fraction of sp³-hybridized carbons (Fsp3) is 0.562. The van der Waals surface area contributed by atoms with Gasteiger partial charge in [-0.15, -0.1) is 0 Å². The molecule has 0 fully saturated rings. The van der Waals surface area contributed by atoms with Gasteiger partial charge in [0.15, 0.2) is 6.10 Å². The number of alkyl halides is 2. The van der Waals surface area contributed by atoms with Gasteiger partial charge in [-0.25, -0.2) is 0 Å². The number of aliphatic hydroxyl groups excluding tert-OH is 1. The summed E-state index contributed by atoms with van der Waals surface area (Å²) in [6.45, 7) is 2.27. The molecule has 0 aliphatic heterocycles. The van der Waals surface area contributed by atoms with Crippen molar-refractivity contribution in [2.75, 3.05) is 20.3 Å². The summed E-state index contributed by atoms with van der Waals surface area (Å²) in [6.07, 6.45) is -2.26. The Labute approximate surface area is 151 Å². The van der Waals surface area contributed by atoms with E-state index in [1.807, 2.05) is 0 Å². The molecule has 0 saturated heterocycles.